The number of rotatable bonds is 5. The Balaban J connectivity index is 1.97. The highest BCUT2D eigenvalue weighted by Crippen LogP contribution is 2.33. The van der Waals surface area contributed by atoms with Crippen LogP contribution in [0, 0.1) is 0 Å². The lowest BCUT2D eigenvalue weighted by molar-refractivity contribution is -0.136. The standard InChI is InChI=1S/C22H21NO4/c1-15-20(22(25)27-3)19(13-16-7-5-4-6-8-16)21(24)23(15)14-17-9-11-18(26-2)12-10-17/h4-13H,14H2,1-3H3/b19-13-. The lowest BCUT2D eigenvalue weighted by Crippen LogP contribution is -2.24. The first-order valence-electron chi connectivity index (χ1n) is 8.56. The van der Waals surface area contributed by atoms with Crippen LogP contribution in [0.15, 0.2) is 71.4 Å². The van der Waals surface area contributed by atoms with Crippen molar-refractivity contribution in [3.63, 3.8) is 0 Å². The molecule has 0 saturated carbocycles. The van der Waals surface area contributed by atoms with Crippen molar-refractivity contribution < 1.29 is 19.1 Å². The molecule has 0 N–H and O–H groups in total. The van der Waals surface area contributed by atoms with Crippen LogP contribution in [0.4, 0.5) is 0 Å². The van der Waals surface area contributed by atoms with Crippen molar-refractivity contribution in [1.29, 1.82) is 0 Å². The predicted molar refractivity (Wildman–Crippen MR) is 103 cm³/mol. The zero-order valence-corrected chi connectivity index (χ0v) is 15.6. The summed E-state index contributed by atoms with van der Waals surface area (Å²) in [6.07, 6.45) is 1.73. The fourth-order valence-electron chi connectivity index (χ4n) is 3.05. The van der Waals surface area contributed by atoms with Crippen LogP contribution in [-0.4, -0.2) is 31.0 Å². The molecule has 0 radical (unpaired) electrons. The first-order chi connectivity index (χ1) is 13.0. The van der Waals surface area contributed by atoms with Crippen LogP contribution < -0.4 is 4.74 Å². The highest BCUT2D eigenvalue weighted by atomic mass is 16.5. The van der Waals surface area contributed by atoms with Crippen molar-refractivity contribution in [3.8, 4) is 5.75 Å². The van der Waals surface area contributed by atoms with Crippen molar-refractivity contribution in [2.45, 2.75) is 13.5 Å². The van der Waals surface area contributed by atoms with Crippen LogP contribution in [0.5, 0.6) is 5.75 Å². The maximum Gasteiger partial charge on any atom is 0.340 e. The van der Waals surface area contributed by atoms with Crippen LogP contribution in [0.25, 0.3) is 6.08 Å². The number of carbonyl (C=O) groups is 2. The molecule has 27 heavy (non-hydrogen) atoms. The number of benzene rings is 2. The van der Waals surface area contributed by atoms with Gasteiger partial charge in [0.25, 0.3) is 5.91 Å². The van der Waals surface area contributed by atoms with Crippen LogP contribution in [-0.2, 0) is 20.9 Å². The van der Waals surface area contributed by atoms with E-state index >= 15 is 0 Å². The third-order valence-corrected chi connectivity index (χ3v) is 4.51. The molecule has 2 aromatic carbocycles. The summed E-state index contributed by atoms with van der Waals surface area (Å²) < 4.78 is 10.1. The van der Waals surface area contributed by atoms with Gasteiger partial charge in [0.05, 0.1) is 31.9 Å². The van der Waals surface area contributed by atoms with Gasteiger partial charge in [0.1, 0.15) is 5.75 Å². The van der Waals surface area contributed by atoms with Gasteiger partial charge in [-0.15, -0.1) is 0 Å². The normalized spacial score (nSPS) is 15.4. The fourth-order valence-corrected chi connectivity index (χ4v) is 3.05. The molecule has 138 valence electrons. The molecule has 0 bridgehead atoms. The monoisotopic (exact) mass is 363 g/mol. The maximum atomic E-state index is 13.1. The second-order valence-electron chi connectivity index (χ2n) is 6.16. The summed E-state index contributed by atoms with van der Waals surface area (Å²) >= 11 is 0. The van der Waals surface area contributed by atoms with Gasteiger partial charge >= 0.3 is 5.97 Å². The van der Waals surface area contributed by atoms with E-state index in [0.717, 1.165) is 16.9 Å². The molecule has 1 heterocycles. The summed E-state index contributed by atoms with van der Waals surface area (Å²) in [4.78, 5) is 27.0. The van der Waals surface area contributed by atoms with Crippen molar-refractivity contribution >= 4 is 18.0 Å². The summed E-state index contributed by atoms with van der Waals surface area (Å²) in [6, 6.07) is 16.9. The van der Waals surface area contributed by atoms with Crippen LogP contribution >= 0.6 is 0 Å². The number of methoxy groups -OCH3 is 2. The van der Waals surface area contributed by atoms with Gasteiger partial charge in [-0.1, -0.05) is 42.5 Å². The lowest BCUT2D eigenvalue weighted by atomic mass is 10.0. The number of allylic oxidation sites excluding steroid dienone is 1. The second-order valence-corrected chi connectivity index (χ2v) is 6.16. The molecule has 0 atom stereocenters. The highest BCUT2D eigenvalue weighted by Gasteiger charge is 2.36. The summed E-state index contributed by atoms with van der Waals surface area (Å²) in [5.41, 5.74) is 3.03. The molecule has 5 nitrogen and oxygen atoms in total. The SMILES string of the molecule is COC(=O)C1=C(C)N(Cc2ccc(OC)cc2)C(=O)/C1=C\c1ccccc1. The Kier molecular flexibility index (Phi) is 5.41. The molecule has 0 aliphatic carbocycles. The molecular formula is C22H21NO4. The van der Waals surface area contributed by atoms with E-state index in [9.17, 15) is 9.59 Å². The van der Waals surface area contributed by atoms with Gasteiger partial charge in [0.15, 0.2) is 0 Å². The van der Waals surface area contributed by atoms with Crippen LogP contribution in [0.1, 0.15) is 18.1 Å². The van der Waals surface area contributed by atoms with Crippen molar-refractivity contribution in [1.82, 2.24) is 4.90 Å². The highest BCUT2D eigenvalue weighted by molar-refractivity contribution is 6.16. The summed E-state index contributed by atoms with van der Waals surface area (Å²) in [6.45, 7) is 2.13. The Labute approximate surface area is 158 Å². The average Bonchev–Trinajstić information content (AvgIpc) is 2.93. The number of ether oxygens (including phenoxy) is 2. The molecule has 0 saturated heterocycles. The maximum absolute atomic E-state index is 13.1. The van der Waals surface area contributed by atoms with E-state index in [0.29, 0.717) is 23.4 Å². The number of hydrogen-bond donors (Lipinski definition) is 0. The minimum atomic E-state index is -0.514. The van der Waals surface area contributed by atoms with Crippen LogP contribution in [0.3, 0.4) is 0 Å². The first-order valence-corrected chi connectivity index (χ1v) is 8.56. The Morgan fingerprint density at radius 3 is 2.30 bits per heavy atom. The third kappa shape index (κ3) is 3.77. The van der Waals surface area contributed by atoms with Crippen molar-refractivity contribution in [2.24, 2.45) is 0 Å². The Hall–Kier alpha value is -3.34. The minimum Gasteiger partial charge on any atom is -0.497 e. The molecule has 0 spiro atoms. The van der Waals surface area contributed by atoms with E-state index in [1.807, 2.05) is 54.6 Å². The zero-order chi connectivity index (χ0) is 19.4. The average molecular weight is 363 g/mol. The molecule has 3 rings (SSSR count). The fraction of sp³-hybridized carbons (Fsp3) is 0.182. The van der Waals surface area contributed by atoms with Gasteiger partial charge in [-0.2, -0.15) is 0 Å². The molecule has 1 amide bonds. The van der Waals surface area contributed by atoms with Crippen molar-refractivity contribution in [3.05, 3.63) is 82.6 Å². The molecule has 2 aromatic rings. The largest absolute Gasteiger partial charge is 0.497 e. The quantitative estimate of drug-likeness (QED) is 0.602. The van der Waals surface area contributed by atoms with E-state index in [4.69, 9.17) is 9.47 Å². The molecule has 0 unspecified atom stereocenters. The van der Waals surface area contributed by atoms with Crippen molar-refractivity contribution in [2.75, 3.05) is 14.2 Å². The summed E-state index contributed by atoms with van der Waals surface area (Å²) in [5.74, 6) is 0.0199. The number of hydrogen-bond acceptors (Lipinski definition) is 4. The second kappa shape index (κ2) is 7.91. The smallest absolute Gasteiger partial charge is 0.340 e. The molecule has 0 fully saturated rings. The predicted octanol–water partition coefficient (Wildman–Crippen LogP) is 3.57. The third-order valence-electron chi connectivity index (χ3n) is 4.51. The van der Waals surface area contributed by atoms with Gasteiger partial charge in [-0.3, -0.25) is 4.79 Å². The Morgan fingerprint density at radius 1 is 1.04 bits per heavy atom. The first kappa shape index (κ1) is 18.5. The molecule has 0 aromatic heterocycles. The van der Waals surface area contributed by atoms with E-state index in [2.05, 4.69) is 0 Å². The molecule has 1 aliphatic heterocycles. The molecular weight excluding hydrogens is 342 g/mol. The van der Waals surface area contributed by atoms with Crippen LogP contribution in [0.2, 0.25) is 0 Å². The Morgan fingerprint density at radius 2 is 1.70 bits per heavy atom. The van der Waals surface area contributed by atoms with E-state index in [-0.39, 0.29) is 5.91 Å². The number of esters is 1. The van der Waals surface area contributed by atoms with Gasteiger partial charge in [0, 0.05) is 5.70 Å². The van der Waals surface area contributed by atoms with Gasteiger partial charge in [-0.25, -0.2) is 4.79 Å². The van der Waals surface area contributed by atoms with E-state index in [1.54, 1.807) is 25.0 Å². The van der Waals surface area contributed by atoms with Gasteiger partial charge in [0.2, 0.25) is 0 Å². The van der Waals surface area contributed by atoms with Gasteiger partial charge < -0.3 is 14.4 Å². The summed E-state index contributed by atoms with van der Waals surface area (Å²) in [7, 11) is 2.93. The minimum absolute atomic E-state index is 0.215. The number of amides is 1. The number of nitrogens with zero attached hydrogens (tertiary/aromatic N) is 1. The lowest BCUT2D eigenvalue weighted by Gasteiger charge is -2.18. The van der Waals surface area contributed by atoms with E-state index < -0.39 is 5.97 Å². The molecule has 1 aliphatic rings. The topological polar surface area (TPSA) is 55.8 Å². The molecule has 5 heteroatoms. The number of carbonyl (C=O) groups excluding carboxylic acids is 2. The van der Waals surface area contributed by atoms with E-state index in [1.165, 1.54) is 7.11 Å². The zero-order valence-electron chi connectivity index (χ0n) is 15.6. The van der Waals surface area contributed by atoms with Gasteiger partial charge in [-0.05, 0) is 36.3 Å². The Bertz CT molecular complexity index is 911. The summed E-state index contributed by atoms with van der Waals surface area (Å²) in [5, 5.41) is 0.